The summed E-state index contributed by atoms with van der Waals surface area (Å²) in [5.41, 5.74) is -0.568. The van der Waals surface area contributed by atoms with Gasteiger partial charge in [0.25, 0.3) is 0 Å². The van der Waals surface area contributed by atoms with Crippen LogP contribution in [-0.2, 0) is 0 Å². The Morgan fingerprint density at radius 3 is 2.75 bits per heavy atom. The van der Waals surface area contributed by atoms with Gasteiger partial charge in [-0.2, -0.15) is 0 Å². The third-order valence-corrected chi connectivity index (χ3v) is 3.39. The maximum absolute atomic E-state index is 13.5. The first-order valence-corrected chi connectivity index (χ1v) is 5.72. The minimum atomic E-state index is -0.568. The predicted octanol–water partition coefficient (Wildman–Crippen LogP) is 1.96. The molecule has 1 aromatic rings. The van der Waals surface area contributed by atoms with Crippen LogP contribution in [0, 0.1) is 5.82 Å². The summed E-state index contributed by atoms with van der Waals surface area (Å²) >= 11 is 0. The number of halogens is 1. The van der Waals surface area contributed by atoms with Crippen LogP contribution >= 0.6 is 0 Å². The molecule has 4 heteroatoms. The molecule has 2 rings (SSSR count). The average molecular weight is 224 g/mol. The van der Waals surface area contributed by atoms with Gasteiger partial charge in [0.1, 0.15) is 0 Å². The lowest BCUT2D eigenvalue weighted by molar-refractivity contribution is 0.0123. The Morgan fingerprint density at radius 2 is 2.19 bits per heavy atom. The molecule has 16 heavy (non-hydrogen) atoms. The third kappa shape index (κ3) is 2.16. The Labute approximate surface area is 94.9 Å². The molecule has 1 aliphatic rings. The van der Waals surface area contributed by atoms with E-state index < -0.39 is 5.60 Å². The molecule has 1 aliphatic heterocycles. The third-order valence-electron chi connectivity index (χ3n) is 3.39. The van der Waals surface area contributed by atoms with E-state index in [1.165, 1.54) is 6.07 Å². The van der Waals surface area contributed by atoms with Gasteiger partial charge >= 0.3 is 0 Å². The zero-order valence-electron chi connectivity index (χ0n) is 9.49. The van der Waals surface area contributed by atoms with Gasteiger partial charge in [0, 0.05) is 19.3 Å². The van der Waals surface area contributed by atoms with E-state index in [1.54, 1.807) is 12.3 Å². The van der Waals surface area contributed by atoms with Gasteiger partial charge in [0.05, 0.1) is 5.60 Å². The lowest BCUT2D eigenvalue weighted by atomic mass is 9.89. The highest BCUT2D eigenvalue weighted by atomic mass is 19.1. The molecule has 3 nitrogen and oxygen atoms in total. The molecule has 0 spiro atoms. The van der Waals surface area contributed by atoms with Crippen LogP contribution < -0.4 is 4.90 Å². The summed E-state index contributed by atoms with van der Waals surface area (Å²) in [6, 6.07) is 3.01. The van der Waals surface area contributed by atoms with Gasteiger partial charge in [-0.25, -0.2) is 9.37 Å². The van der Waals surface area contributed by atoms with Crippen LogP contribution in [0.3, 0.4) is 0 Å². The van der Waals surface area contributed by atoms with E-state index in [2.05, 4.69) is 4.98 Å². The van der Waals surface area contributed by atoms with Crippen molar-refractivity contribution in [2.24, 2.45) is 0 Å². The first-order valence-electron chi connectivity index (χ1n) is 5.72. The van der Waals surface area contributed by atoms with Crippen molar-refractivity contribution >= 4 is 5.82 Å². The molecule has 0 unspecified atom stereocenters. The number of anilines is 1. The van der Waals surface area contributed by atoms with Crippen LogP contribution in [-0.4, -0.2) is 28.8 Å². The van der Waals surface area contributed by atoms with Crippen LogP contribution in [0.4, 0.5) is 10.2 Å². The van der Waals surface area contributed by atoms with E-state index in [4.69, 9.17) is 0 Å². The van der Waals surface area contributed by atoms with Gasteiger partial charge in [-0.1, -0.05) is 6.92 Å². The molecule has 0 aromatic carbocycles. The van der Waals surface area contributed by atoms with Gasteiger partial charge in [-0.05, 0) is 31.4 Å². The van der Waals surface area contributed by atoms with Crippen molar-refractivity contribution in [1.82, 2.24) is 4.98 Å². The summed E-state index contributed by atoms with van der Waals surface area (Å²) in [6.45, 7) is 3.31. The molecular formula is C12H17FN2O. The summed E-state index contributed by atoms with van der Waals surface area (Å²) in [7, 11) is 0. The topological polar surface area (TPSA) is 36.4 Å². The van der Waals surface area contributed by atoms with Crippen LogP contribution in [0.1, 0.15) is 26.2 Å². The van der Waals surface area contributed by atoms with Gasteiger partial charge in [0.15, 0.2) is 11.6 Å². The zero-order valence-corrected chi connectivity index (χ0v) is 9.49. The SMILES string of the molecule is CCC1(O)CCN(c2ncccc2F)CC1. The number of hydrogen-bond acceptors (Lipinski definition) is 3. The van der Waals surface area contributed by atoms with E-state index >= 15 is 0 Å². The molecule has 1 aromatic heterocycles. The Balaban J connectivity index is 2.07. The molecule has 0 saturated carbocycles. The van der Waals surface area contributed by atoms with Crippen molar-refractivity contribution in [3.63, 3.8) is 0 Å². The Hall–Kier alpha value is -1.16. The van der Waals surface area contributed by atoms with E-state index in [0.717, 1.165) is 6.42 Å². The van der Waals surface area contributed by atoms with E-state index in [9.17, 15) is 9.50 Å². The lowest BCUT2D eigenvalue weighted by Crippen LogP contribution is -2.44. The maximum Gasteiger partial charge on any atom is 0.165 e. The highest BCUT2D eigenvalue weighted by molar-refractivity contribution is 5.40. The maximum atomic E-state index is 13.5. The molecule has 0 bridgehead atoms. The molecule has 0 amide bonds. The number of piperidine rings is 1. The number of aliphatic hydroxyl groups is 1. The zero-order chi connectivity index (χ0) is 11.6. The van der Waals surface area contributed by atoms with Crippen molar-refractivity contribution in [2.75, 3.05) is 18.0 Å². The first-order chi connectivity index (χ1) is 7.64. The smallest absolute Gasteiger partial charge is 0.165 e. The summed E-state index contributed by atoms with van der Waals surface area (Å²) in [5.74, 6) is 0.116. The van der Waals surface area contributed by atoms with Gasteiger partial charge < -0.3 is 10.0 Å². The molecule has 0 aliphatic carbocycles. The fourth-order valence-electron chi connectivity index (χ4n) is 2.10. The Bertz CT molecular complexity index is 362. The highest BCUT2D eigenvalue weighted by Crippen LogP contribution is 2.28. The summed E-state index contributed by atoms with van der Waals surface area (Å²) in [6.07, 6.45) is 3.71. The quantitative estimate of drug-likeness (QED) is 0.834. The lowest BCUT2D eigenvalue weighted by Gasteiger charge is -2.38. The van der Waals surface area contributed by atoms with Crippen molar-refractivity contribution in [3.8, 4) is 0 Å². The second kappa shape index (κ2) is 4.37. The normalized spacial score (nSPS) is 19.8. The van der Waals surface area contributed by atoms with Crippen molar-refractivity contribution in [1.29, 1.82) is 0 Å². The first kappa shape index (κ1) is 11.3. The fraction of sp³-hybridized carbons (Fsp3) is 0.583. The molecule has 1 N–H and O–H groups in total. The van der Waals surface area contributed by atoms with Crippen molar-refractivity contribution in [3.05, 3.63) is 24.1 Å². The monoisotopic (exact) mass is 224 g/mol. The van der Waals surface area contributed by atoms with Crippen molar-refractivity contribution in [2.45, 2.75) is 31.8 Å². The number of rotatable bonds is 2. The van der Waals surface area contributed by atoms with E-state index in [-0.39, 0.29) is 5.82 Å². The second-order valence-electron chi connectivity index (χ2n) is 4.37. The molecule has 0 radical (unpaired) electrons. The van der Waals surface area contributed by atoms with Gasteiger partial charge in [-0.3, -0.25) is 0 Å². The summed E-state index contributed by atoms with van der Waals surface area (Å²) < 4.78 is 13.5. The minimum Gasteiger partial charge on any atom is -0.390 e. The minimum absolute atomic E-state index is 0.288. The molecular weight excluding hydrogens is 207 g/mol. The van der Waals surface area contributed by atoms with Gasteiger partial charge in [0.2, 0.25) is 0 Å². The van der Waals surface area contributed by atoms with Crippen LogP contribution in [0.15, 0.2) is 18.3 Å². The molecule has 2 heterocycles. The second-order valence-corrected chi connectivity index (χ2v) is 4.37. The number of pyridine rings is 1. The number of aromatic nitrogens is 1. The Kier molecular flexibility index (Phi) is 3.10. The summed E-state index contributed by atoms with van der Waals surface area (Å²) in [5, 5.41) is 10.1. The fourth-order valence-corrected chi connectivity index (χ4v) is 2.10. The highest BCUT2D eigenvalue weighted by Gasteiger charge is 2.31. The average Bonchev–Trinajstić information content (AvgIpc) is 2.31. The molecule has 1 fully saturated rings. The van der Waals surface area contributed by atoms with E-state index in [1.807, 2.05) is 11.8 Å². The van der Waals surface area contributed by atoms with Crippen molar-refractivity contribution < 1.29 is 9.50 Å². The van der Waals surface area contributed by atoms with Crippen LogP contribution in [0.5, 0.6) is 0 Å². The summed E-state index contributed by atoms with van der Waals surface area (Å²) in [4.78, 5) is 5.95. The predicted molar refractivity (Wildman–Crippen MR) is 60.9 cm³/mol. The standard InChI is InChI=1S/C12H17FN2O/c1-2-12(16)5-8-15(9-6-12)11-10(13)4-3-7-14-11/h3-4,7,16H,2,5-6,8-9H2,1H3. The number of nitrogens with zero attached hydrogens (tertiary/aromatic N) is 2. The van der Waals surface area contributed by atoms with Crippen LogP contribution in [0.25, 0.3) is 0 Å². The Morgan fingerprint density at radius 1 is 1.50 bits per heavy atom. The van der Waals surface area contributed by atoms with Crippen LogP contribution in [0.2, 0.25) is 0 Å². The molecule has 88 valence electrons. The largest absolute Gasteiger partial charge is 0.390 e. The van der Waals surface area contributed by atoms with E-state index in [0.29, 0.717) is 31.7 Å². The number of hydrogen-bond donors (Lipinski definition) is 1. The van der Waals surface area contributed by atoms with Gasteiger partial charge in [-0.15, -0.1) is 0 Å². The molecule has 1 saturated heterocycles. The molecule has 0 atom stereocenters.